The molecule has 0 aliphatic rings. The van der Waals surface area contributed by atoms with E-state index in [1.54, 1.807) is 0 Å². The third-order valence-corrected chi connectivity index (χ3v) is 5.48. The molecule has 3 rings (SSSR count). The van der Waals surface area contributed by atoms with E-state index in [9.17, 15) is 0 Å². The van der Waals surface area contributed by atoms with E-state index in [2.05, 4.69) is 104 Å². The van der Waals surface area contributed by atoms with Crippen LogP contribution in [0.5, 0.6) is 0 Å². The van der Waals surface area contributed by atoms with Gasteiger partial charge in [0.1, 0.15) is 0 Å². The van der Waals surface area contributed by atoms with Gasteiger partial charge >= 0.3 is 0 Å². The maximum absolute atomic E-state index is 2.96. The van der Waals surface area contributed by atoms with Gasteiger partial charge in [-0.15, -0.1) is 9.24 Å². The second kappa shape index (κ2) is 7.54. The van der Waals surface area contributed by atoms with E-state index in [0.29, 0.717) is 11.8 Å². The minimum absolute atomic E-state index is 0.522. The molecule has 0 radical (unpaired) electrons. The third-order valence-electron chi connectivity index (χ3n) is 4.81. The lowest BCUT2D eigenvalue weighted by Crippen LogP contribution is -2.12. The molecule has 3 aromatic carbocycles. The first-order chi connectivity index (χ1) is 12.0. The fraction of sp³-hybridized carbons (Fsp3) is 0.250. The summed E-state index contributed by atoms with van der Waals surface area (Å²) in [6.07, 6.45) is 0. The molecule has 3 aromatic rings. The summed E-state index contributed by atoms with van der Waals surface area (Å²) < 4.78 is 0. The van der Waals surface area contributed by atoms with Gasteiger partial charge in [0.25, 0.3) is 0 Å². The highest BCUT2D eigenvalue weighted by atomic mass is 31.0. The van der Waals surface area contributed by atoms with Crippen molar-refractivity contribution in [1.29, 1.82) is 0 Å². The SMILES string of the molecule is CC(C)c1cc(-c2ccc(-c3ccccc3)cc2)cc(C(C)C)c1P. The van der Waals surface area contributed by atoms with Crippen molar-refractivity contribution in [2.75, 3.05) is 0 Å². The van der Waals surface area contributed by atoms with E-state index < -0.39 is 0 Å². The Kier molecular flexibility index (Phi) is 5.40. The average Bonchev–Trinajstić information content (AvgIpc) is 2.62. The molecule has 0 heterocycles. The molecule has 0 saturated carbocycles. The van der Waals surface area contributed by atoms with Gasteiger partial charge in [0.15, 0.2) is 0 Å². The first kappa shape index (κ1) is 17.9. The molecule has 0 nitrogen and oxygen atoms in total. The van der Waals surface area contributed by atoms with Gasteiger partial charge in [-0.3, -0.25) is 0 Å². The maximum Gasteiger partial charge on any atom is -0.0178 e. The summed E-state index contributed by atoms with van der Waals surface area (Å²) in [5.41, 5.74) is 7.99. The molecule has 0 aromatic heterocycles. The van der Waals surface area contributed by atoms with Crippen LogP contribution in [0, 0.1) is 0 Å². The minimum atomic E-state index is 0.522. The van der Waals surface area contributed by atoms with Crippen LogP contribution in [-0.4, -0.2) is 0 Å². The molecule has 1 atom stereocenters. The van der Waals surface area contributed by atoms with Crippen molar-refractivity contribution < 1.29 is 0 Å². The summed E-state index contributed by atoms with van der Waals surface area (Å²) in [5, 5.41) is 1.37. The molecule has 1 heteroatoms. The molecule has 25 heavy (non-hydrogen) atoms. The van der Waals surface area contributed by atoms with Gasteiger partial charge in [0.05, 0.1) is 0 Å². The van der Waals surface area contributed by atoms with Crippen LogP contribution in [0.3, 0.4) is 0 Å². The molecule has 0 bridgehead atoms. The Labute approximate surface area is 154 Å². The standard InChI is InChI=1S/C24H27P/c1-16(2)22-14-21(15-23(17(3)4)24(22)25)20-12-10-19(11-13-20)18-8-6-5-7-9-18/h5-17H,25H2,1-4H3. The molecular formula is C24H27P. The zero-order chi connectivity index (χ0) is 18.0. The Balaban J connectivity index is 2.04. The summed E-state index contributed by atoms with van der Waals surface area (Å²) in [7, 11) is 2.96. The second-order valence-corrected chi connectivity index (χ2v) is 7.90. The van der Waals surface area contributed by atoms with Gasteiger partial charge in [-0.25, -0.2) is 0 Å². The number of hydrogen-bond donors (Lipinski definition) is 0. The highest BCUT2D eigenvalue weighted by Gasteiger charge is 2.13. The lowest BCUT2D eigenvalue weighted by molar-refractivity contribution is 0.847. The molecule has 0 fully saturated rings. The summed E-state index contributed by atoms with van der Waals surface area (Å²) in [6.45, 7) is 9.09. The molecule has 0 N–H and O–H groups in total. The van der Waals surface area contributed by atoms with Crippen molar-refractivity contribution in [3.63, 3.8) is 0 Å². The predicted molar refractivity (Wildman–Crippen MR) is 115 cm³/mol. The van der Waals surface area contributed by atoms with E-state index in [4.69, 9.17) is 0 Å². The van der Waals surface area contributed by atoms with Crippen molar-refractivity contribution in [2.24, 2.45) is 0 Å². The van der Waals surface area contributed by atoms with E-state index in [1.165, 1.54) is 38.7 Å². The van der Waals surface area contributed by atoms with Crippen molar-refractivity contribution in [3.8, 4) is 22.3 Å². The zero-order valence-corrected chi connectivity index (χ0v) is 16.7. The Morgan fingerprint density at radius 2 is 0.960 bits per heavy atom. The van der Waals surface area contributed by atoms with Gasteiger partial charge < -0.3 is 0 Å². The molecule has 0 spiro atoms. The summed E-state index contributed by atoms with van der Waals surface area (Å²) in [6, 6.07) is 24.2. The summed E-state index contributed by atoms with van der Waals surface area (Å²) >= 11 is 0. The number of rotatable bonds is 4. The molecule has 0 aliphatic heterocycles. The topological polar surface area (TPSA) is 0 Å². The monoisotopic (exact) mass is 346 g/mol. The maximum atomic E-state index is 2.96. The van der Waals surface area contributed by atoms with E-state index in [-0.39, 0.29) is 0 Å². The zero-order valence-electron chi connectivity index (χ0n) is 15.6. The van der Waals surface area contributed by atoms with Crippen LogP contribution >= 0.6 is 9.24 Å². The minimum Gasteiger partial charge on any atom is -0.105 e. The molecule has 128 valence electrons. The van der Waals surface area contributed by atoms with Crippen molar-refractivity contribution in [1.82, 2.24) is 0 Å². The summed E-state index contributed by atoms with van der Waals surface area (Å²) in [4.78, 5) is 0. The first-order valence-electron chi connectivity index (χ1n) is 9.06. The third kappa shape index (κ3) is 3.86. The quantitative estimate of drug-likeness (QED) is 0.457. The van der Waals surface area contributed by atoms with Gasteiger partial charge in [0.2, 0.25) is 0 Å². The van der Waals surface area contributed by atoms with Gasteiger partial charge in [0, 0.05) is 0 Å². The van der Waals surface area contributed by atoms with Crippen LogP contribution in [0.25, 0.3) is 22.3 Å². The Bertz CT molecular complexity index is 814. The Morgan fingerprint density at radius 1 is 0.560 bits per heavy atom. The number of hydrogen-bond acceptors (Lipinski definition) is 0. The average molecular weight is 346 g/mol. The van der Waals surface area contributed by atoms with Gasteiger partial charge in [-0.1, -0.05) is 94.4 Å². The molecule has 0 aliphatic carbocycles. The van der Waals surface area contributed by atoms with Gasteiger partial charge in [-0.05, 0) is 50.5 Å². The van der Waals surface area contributed by atoms with Crippen LogP contribution in [0.2, 0.25) is 0 Å². The van der Waals surface area contributed by atoms with Crippen molar-refractivity contribution in [2.45, 2.75) is 39.5 Å². The van der Waals surface area contributed by atoms with Gasteiger partial charge in [-0.2, -0.15) is 0 Å². The van der Waals surface area contributed by atoms with Crippen LogP contribution in [0.4, 0.5) is 0 Å². The van der Waals surface area contributed by atoms with Crippen molar-refractivity contribution >= 4 is 14.5 Å². The summed E-state index contributed by atoms with van der Waals surface area (Å²) in [5.74, 6) is 1.04. The normalized spacial score (nSPS) is 11.3. The second-order valence-electron chi connectivity index (χ2n) is 7.32. The lowest BCUT2D eigenvalue weighted by Gasteiger charge is -2.19. The van der Waals surface area contributed by atoms with E-state index >= 15 is 0 Å². The Hall–Kier alpha value is -1.91. The van der Waals surface area contributed by atoms with E-state index in [0.717, 1.165) is 0 Å². The van der Waals surface area contributed by atoms with E-state index in [1.807, 2.05) is 0 Å². The largest absolute Gasteiger partial charge is 0.105 e. The van der Waals surface area contributed by atoms with Crippen LogP contribution < -0.4 is 5.30 Å². The fourth-order valence-electron chi connectivity index (χ4n) is 3.31. The molecule has 0 saturated heterocycles. The highest BCUT2D eigenvalue weighted by molar-refractivity contribution is 7.27. The molecule has 0 amide bonds. The molecule has 1 unspecified atom stereocenters. The lowest BCUT2D eigenvalue weighted by atomic mass is 9.90. The van der Waals surface area contributed by atoms with Crippen LogP contribution in [0.15, 0.2) is 66.7 Å². The smallest absolute Gasteiger partial charge is 0.0178 e. The fourth-order valence-corrected chi connectivity index (χ4v) is 4.14. The number of benzene rings is 3. The van der Waals surface area contributed by atoms with Crippen LogP contribution in [-0.2, 0) is 0 Å². The highest BCUT2D eigenvalue weighted by Crippen LogP contribution is 2.30. The Morgan fingerprint density at radius 3 is 1.40 bits per heavy atom. The van der Waals surface area contributed by atoms with Crippen molar-refractivity contribution in [3.05, 3.63) is 77.9 Å². The van der Waals surface area contributed by atoms with Crippen LogP contribution in [0.1, 0.15) is 50.7 Å². The first-order valence-corrected chi connectivity index (χ1v) is 9.64. The molecular weight excluding hydrogens is 319 g/mol. The predicted octanol–water partition coefficient (Wildman–Crippen LogP) is 6.77.